The Bertz CT molecular complexity index is 244. The Morgan fingerprint density at radius 2 is 1.62 bits per heavy atom. The highest BCUT2D eigenvalue weighted by Crippen LogP contribution is 2.03. The van der Waals surface area contributed by atoms with Crippen molar-refractivity contribution >= 4 is 12.5 Å². The van der Waals surface area contributed by atoms with Crippen LogP contribution in [-0.2, 0) is 4.79 Å². The van der Waals surface area contributed by atoms with Crippen LogP contribution in [0.15, 0.2) is 24.3 Å². The third-order valence-electron chi connectivity index (χ3n) is 1.29. The summed E-state index contributed by atoms with van der Waals surface area (Å²) >= 11 is 0. The van der Waals surface area contributed by atoms with E-state index in [1.807, 2.05) is 20.8 Å². The number of rotatable bonds is 3. The van der Waals surface area contributed by atoms with Gasteiger partial charge in [-0.2, -0.15) is 0 Å². The number of hydroxylamine groups is 1. The number of hydrogen-bond acceptors (Lipinski definition) is 2. The fourth-order valence-corrected chi connectivity index (χ4v) is 0.525. The Kier molecular flexibility index (Phi) is 4.74. The maximum atomic E-state index is 11.2. The molecule has 0 aliphatic rings. The first kappa shape index (κ1) is 11.6. The smallest absolute Gasteiger partial charge is 0.174 e. The highest BCUT2D eigenvalue weighted by atomic mass is 16.5. The van der Waals surface area contributed by atoms with Gasteiger partial charge in [0, 0.05) is 26.8 Å². The van der Waals surface area contributed by atoms with Gasteiger partial charge in [-0.1, -0.05) is 12.2 Å². The van der Waals surface area contributed by atoms with Gasteiger partial charge in [0.05, 0.1) is 0 Å². The molecule has 0 heterocycles. The molecule has 0 atom stereocenters. The lowest BCUT2D eigenvalue weighted by Crippen LogP contribution is -2.28. The molecule has 0 saturated carbocycles. The first-order valence-corrected chi connectivity index (χ1v) is 4.07. The molecule has 0 aromatic carbocycles. The lowest BCUT2D eigenvalue weighted by molar-refractivity contribution is -0.530. The number of aldehydes is 1. The van der Waals surface area contributed by atoms with Gasteiger partial charge in [-0.05, 0) is 6.08 Å². The highest BCUT2D eigenvalue weighted by Gasteiger charge is 2.16. The third kappa shape index (κ3) is 5.84. The van der Waals surface area contributed by atoms with Crippen molar-refractivity contribution in [2.45, 2.75) is 26.3 Å². The van der Waals surface area contributed by atoms with Gasteiger partial charge in [0.25, 0.3) is 0 Å². The largest absolute Gasteiger partial charge is 0.623 e. The molecular weight excluding hydrogens is 166 g/mol. The standard InChI is InChI=1S/C10H15NO2/c1-10(2,3)11(13)8-6-4-5-7-9-12/h4-9H,1-3H3/b6-4-,7-5+,11-8-. The Hall–Kier alpha value is -1.38. The summed E-state index contributed by atoms with van der Waals surface area (Å²) in [6, 6.07) is 0. The molecule has 0 radical (unpaired) electrons. The molecule has 72 valence electrons. The van der Waals surface area contributed by atoms with Crippen LogP contribution in [0.5, 0.6) is 0 Å². The van der Waals surface area contributed by atoms with Gasteiger partial charge < -0.3 is 5.21 Å². The zero-order chi connectivity index (χ0) is 10.3. The topological polar surface area (TPSA) is 43.1 Å². The van der Waals surface area contributed by atoms with E-state index in [0.717, 1.165) is 4.74 Å². The summed E-state index contributed by atoms with van der Waals surface area (Å²) in [7, 11) is 0. The second kappa shape index (κ2) is 5.30. The first-order chi connectivity index (χ1) is 5.98. The average Bonchev–Trinajstić information content (AvgIpc) is 2.02. The second-order valence-electron chi connectivity index (χ2n) is 3.55. The average molecular weight is 181 g/mol. The maximum Gasteiger partial charge on any atom is 0.174 e. The van der Waals surface area contributed by atoms with Gasteiger partial charge in [-0.3, -0.25) is 4.79 Å². The molecule has 0 aliphatic carbocycles. The van der Waals surface area contributed by atoms with E-state index >= 15 is 0 Å². The molecule has 0 amide bonds. The van der Waals surface area contributed by atoms with Crippen LogP contribution in [0.25, 0.3) is 0 Å². The van der Waals surface area contributed by atoms with Crippen molar-refractivity contribution in [1.29, 1.82) is 0 Å². The second-order valence-corrected chi connectivity index (χ2v) is 3.55. The van der Waals surface area contributed by atoms with E-state index in [2.05, 4.69) is 0 Å². The molecule has 0 rings (SSSR count). The minimum Gasteiger partial charge on any atom is -0.623 e. The number of allylic oxidation sites excluding steroid dienone is 4. The molecule has 0 aromatic rings. The molecule has 13 heavy (non-hydrogen) atoms. The molecule has 0 fully saturated rings. The van der Waals surface area contributed by atoms with Gasteiger partial charge in [0.2, 0.25) is 0 Å². The number of carbonyl (C=O) groups excluding carboxylic acids is 1. The number of hydrogen-bond donors (Lipinski definition) is 0. The van der Waals surface area contributed by atoms with Gasteiger partial charge in [0.15, 0.2) is 11.8 Å². The summed E-state index contributed by atoms with van der Waals surface area (Å²) in [4.78, 5) is 9.86. The van der Waals surface area contributed by atoms with E-state index in [1.54, 1.807) is 18.2 Å². The van der Waals surface area contributed by atoms with Crippen LogP contribution in [0.4, 0.5) is 0 Å². The van der Waals surface area contributed by atoms with Crippen LogP contribution in [0.2, 0.25) is 0 Å². The van der Waals surface area contributed by atoms with Crippen LogP contribution in [0.1, 0.15) is 20.8 Å². The third-order valence-corrected chi connectivity index (χ3v) is 1.29. The van der Waals surface area contributed by atoms with E-state index in [9.17, 15) is 10.0 Å². The Labute approximate surface area is 78.7 Å². The maximum absolute atomic E-state index is 11.2. The van der Waals surface area contributed by atoms with Crippen LogP contribution in [-0.4, -0.2) is 22.8 Å². The molecule has 0 aliphatic heterocycles. The molecular formula is C10H15NO2. The van der Waals surface area contributed by atoms with Crippen LogP contribution < -0.4 is 0 Å². The van der Waals surface area contributed by atoms with Crippen molar-refractivity contribution in [2.75, 3.05) is 0 Å². The molecule has 0 N–H and O–H groups in total. The number of carbonyl (C=O) groups is 1. The molecule has 3 heteroatoms. The minimum absolute atomic E-state index is 0.418. The lowest BCUT2D eigenvalue weighted by Gasteiger charge is -2.17. The number of nitrogens with zero attached hydrogens (tertiary/aromatic N) is 1. The molecule has 0 aromatic heterocycles. The lowest BCUT2D eigenvalue weighted by atomic mass is 10.1. The van der Waals surface area contributed by atoms with E-state index in [-0.39, 0.29) is 0 Å². The van der Waals surface area contributed by atoms with E-state index in [4.69, 9.17) is 0 Å². The van der Waals surface area contributed by atoms with Crippen molar-refractivity contribution in [1.82, 2.24) is 0 Å². The van der Waals surface area contributed by atoms with E-state index in [0.29, 0.717) is 6.29 Å². The summed E-state index contributed by atoms with van der Waals surface area (Å²) in [5.41, 5.74) is -0.418. The summed E-state index contributed by atoms with van der Waals surface area (Å²) in [5, 5.41) is 11.2. The normalized spacial score (nSPS) is 14.2. The van der Waals surface area contributed by atoms with E-state index < -0.39 is 5.54 Å². The molecule has 0 saturated heterocycles. The van der Waals surface area contributed by atoms with Crippen molar-refractivity contribution < 1.29 is 9.53 Å². The van der Waals surface area contributed by atoms with Gasteiger partial charge in [-0.25, -0.2) is 4.74 Å². The van der Waals surface area contributed by atoms with E-state index in [1.165, 1.54) is 12.3 Å². The quantitative estimate of drug-likeness (QED) is 0.126. The summed E-state index contributed by atoms with van der Waals surface area (Å²) in [6.07, 6.45) is 8.26. The zero-order valence-corrected chi connectivity index (χ0v) is 8.23. The Morgan fingerprint density at radius 3 is 2.08 bits per heavy atom. The van der Waals surface area contributed by atoms with Crippen molar-refractivity contribution in [3.8, 4) is 0 Å². The molecule has 3 nitrogen and oxygen atoms in total. The fourth-order valence-electron chi connectivity index (χ4n) is 0.525. The summed E-state index contributed by atoms with van der Waals surface area (Å²) < 4.78 is 0.859. The fraction of sp³-hybridized carbons (Fsp3) is 0.400. The van der Waals surface area contributed by atoms with Crippen LogP contribution in [0, 0.1) is 5.21 Å². The van der Waals surface area contributed by atoms with Gasteiger partial charge >= 0.3 is 0 Å². The van der Waals surface area contributed by atoms with Crippen molar-refractivity contribution in [3.63, 3.8) is 0 Å². The van der Waals surface area contributed by atoms with Gasteiger partial charge in [0.1, 0.15) is 6.29 Å². The zero-order valence-electron chi connectivity index (χ0n) is 8.23. The van der Waals surface area contributed by atoms with Crippen LogP contribution in [0.3, 0.4) is 0 Å². The first-order valence-electron chi connectivity index (χ1n) is 4.07. The highest BCUT2D eigenvalue weighted by molar-refractivity contribution is 5.69. The predicted molar refractivity (Wildman–Crippen MR) is 53.8 cm³/mol. The molecule has 0 spiro atoms. The van der Waals surface area contributed by atoms with Crippen LogP contribution >= 0.6 is 0 Å². The minimum atomic E-state index is -0.418. The SMILES string of the molecule is CC(C)(C)/[N+]([O-])=C/C=C\C=C\C=O. The van der Waals surface area contributed by atoms with Crippen molar-refractivity contribution in [2.24, 2.45) is 0 Å². The predicted octanol–water partition coefficient (Wildman–Crippen LogP) is 1.68. The van der Waals surface area contributed by atoms with Gasteiger partial charge in [-0.15, -0.1) is 0 Å². The van der Waals surface area contributed by atoms with Crippen molar-refractivity contribution in [3.05, 3.63) is 29.5 Å². The molecule has 0 unspecified atom stereocenters. The summed E-state index contributed by atoms with van der Waals surface area (Å²) in [6.45, 7) is 5.48. The monoisotopic (exact) mass is 181 g/mol. The Morgan fingerprint density at radius 1 is 1.08 bits per heavy atom. The molecule has 0 bridgehead atoms. The Balaban J connectivity index is 4.19. The summed E-state index contributed by atoms with van der Waals surface area (Å²) in [5.74, 6) is 0.